The second kappa shape index (κ2) is 19.3. The number of hydrazine groups is 1. The Balaban J connectivity index is 4.99. The van der Waals surface area contributed by atoms with Crippen LogP contribution in [0, 0.1) is 0 Å². The van der Waals surface area contributed by atoms with Gasteiger partial charge >= 0.3 is 0 Å². The number of carbonyl (C=O) groups is 5. The summed E-state index contributed by atoms with van der Waals surface area (Å²) in [4.78, 5) is 59.2. The first kappa shape index (κ1) is 30.9. The number of hydrogen-bond acceptors (Lipinski definition) is 7. The number of primary amides is 1. The van der Waals surface area contributed by atoms with Crippen molar-refractivity contribution >= 4 is 52.7 Å². The molecule has 5 amide bonds. The summed E-state index contributed by atoms with van der Waals surface area (Å²) in [6.07, 6.45) is 2.93. The third-order valence-electron chi connectivity index (χ3n) is 4.50. The molecule has 0 spiro atoms. The van der Waals surface area contributed by atoms with Crippen molar-refractivity contribution in [2.24, 2.45) is 11.6 Å². The zero-order chi connectivity index (χ0) is 25.1. The molecule has 0 bridgehead atoms. The van der Waals surface area contributed by atoms with Crippen LogP contribution in [0.2, 0.25) is 0 Å². The van der Waals surface area contributed by atoms with E-state index in [0.29, 0.717) is 45.2 Å². The molecule has 33 heavy (non-hydrogen) atoms. The first-order chi connectivity index (χ1) is 15.7. The zero-order valence-corrected chi connectivity index (χ0v) is 20.1. The Morgan fingerprint density at radius 3 is 1.82 bits per heavy atom. The maximum Gasteiger partial charge on any atom is 0.243 e. The van der Waals surface area contributed by atoms with Gasteiger partial charge in [-0.2, -0.15) is 0 Å². The molecule has 0 fully saturated rings. The van der Waals surface area contributed by atoms with Gasteiger partial charge in [0.2, 0.25) is 29.5 Å². The second-order valence-electron chi connectivity index (χ2n) is 7.25. The number of amides is 5. The van der Waals surface area contributed by atoms with Gasteiger partial charge in [0.25, 0.3) is 0 Å². The lowest BCUT2D eigenvalue weighted by Gasteiger charge is -2.23. The van der Waals surface area contributed by atoms with Crippen molar-refractivity contribution in [3.05, 3.63) is 0 Å². The van der Waals surface area contributed by atoms with E-state index in [2.05, 4.69) is 26.7 Å². The summed E-state index contributed by atoms with van der Waals surface area (Å²) in [5.41, 5.74) is 7.60. The summed E-state index contributed by atoms with van der Waals surface area (Å²) < 4.78 is 0. The first-order valence-electron chi connectivity index (χ1n) is 10.7. The van der Waals surface area contributed by atoms with Crippen molar-refractivity contribution in [2.75, 3.05) is 31.4 Å². The van der Waals surface area contributed by atoms with Gasteiger partial charge in [0.05, 0.1) is 0 Å². The summed E-state index contributed by atoms with van der Waals surface area (Å²) in [5, 5.41) is 10.4. The highest BCUT2D eigenvalue weighted by Crippen LogP contribution is 2.06. The Bertz CT molecular complexity index is 640. The molecule has 14 heteroatoms. The highest BCUT2D eigenvalue weighted by atomic mass is 35.5. The molecule has 0 aromatic carbocycles. The molecule has 0 saturated heterocycles. The molecular formula is C19H35Cl2N7O5. The Hall–Kier alpha value is -2.15. The highest BCUT2D eigenvalue weighted by Gasteiger charge is 2.26. The lowest BCUT2D eigenvalue weighted by Crippen LogP contribution is -2.54. The van der Waals surface area contributed by atoms with Gasteiger partial charge in [0, 0.05) is 26.1 Å². The highest BCUT2D eigenvalue weighted by molar-refractivity contribution is 6.27. The fraction of sp³-hybridized carbons (Fsp3) is 0.737. The van der Waals surface area contributed by atoms with Crippen LogP contribution < -0.4 is 38.3 Å². The van der Waals surface area contributed by atoms with Crippen LogP contribution in [-0.4, -0.2) is 73.0 Å². The van der Waals surface area contributed by atoms with Crippen LogP contribution in [0.25, 0.3) is 0 Å². The van der Waals surface area contributed by atoms with Gasteiger partial charge in [0.1, 0.15) is 23.8 Å². The molecule has 0 saturated carbocycles. The number of halogens is 2. The standard InChI is InChI=1S/C19H35Cl2N7O5/c20-11-16(30)24-8-3-1-6-14(27-17(31)12-21)19(33)28-13(5-2-4-9-26-23)18(32)25-10-7-15(22)29/h13-14,26H,1-12,23H2,(H2,22,29)(H,24,30)(H,25,32)(H,27,31)(H,28,33)/t13-,14-/m0/s1. The zero-order valence-electron chi connectivity index (χ0n) is 18.6. The van der Waals surface area contributed by atoms with Gasteiger partial charge in [-0.3, -0.25) is 35.2 Å². The molecule has 0 aliphatic rings. The predicted molar refractivity (Wildman–Crippen MR) is 125 cm³/mol. The summed E-state index contributed by atoms with van der Waals surface area (Å²) in [6.45, 7) is 0.966. The maximum atomic E-state index is 12.9. The van der Waals surface area contributed by atoms with Gasteiger partial charge in [-0.15, -0.1) is 23.2 Å². The first-order valence-corrected chi connectivity index (χ1v) is 11.8. The molecule has 9 N–H and O–H groups in total. The molecule has 0 aliphatic carbocycles. The maximum absolute atomic E-state index is 12.9. The lowest BCUT2D eigenvalue weighted by molar-refractivity contribution is -0.132. The topological polar surface area (TPSA) is 198 Å². The van der Waals surface area contributed by atoms with Gasteiger partial charge < -0.3 is 27.0 Å². The normalized spacial score (nSPS) is 12.3. The third kappa shape index (κ3) is 16.2. The van der Waals surface area contributed by atoms with Crippen LogP contribution >= 0.6 is 23.2 Å². The second-order valence-corrected chi connectivity index (χ2v) is 7.79. The van der Waals surface area contributed by atoms with Crippen LogP contribution in [0.4, 0.5) is 0 Å². The minimum atomic E-state index is -0.911. The van der Waals surface area contributed by atoms with E-state index in [9.17, 15) is 24.0 Å². The van der Waals surface area contributed by atoms with Crippen molar-refractivity contribution in [3.63, 3.8) is 0 Å². The molecule has 0 radical (unpaired) electrons. The van der Waals surface area contributed by atoms with Crippen LogP contribution in [0.15, 0.2) is 0 Å². The van der Waals surface area contributed by atoms with Gasteiger partial charge in [-0.25, -0.2) is 0 Å². The minimum absolute atomic E-state index is 0.0296. The fourth-order valence-electron chi connectivity index (χ4n) is 2.80. The summed E-state index contributed by atoms with van der Waals surface area (Å²) in [6, 6.07) is -1.78. The van der Waals surface area contributed by atoms with Crippen LogP contribution in [0.1, 0.15) is 44.9 Å². The van der Waals surface area contributed by atoms with E-state index in [0.717, 1.165) is 0 Å². The Labute approximate surface area is 203 Å². The van der Waals surface area contributed by atoms with E-state index >= 15 is 0 Å². The van der Waals surface area contributed by atoms with E-state index < -0.39 is 35.7 Å². The quantitative estimate of drug-likeness (QED) is 0.0465. The number of alkyl halides is 2. The number of nitrogens with one attached hydrogen (secondary N) is 5. The number of unbranched alkanes of at least 4 members (excludes halogenated alkanes) is 2. The molecule has 2 atom stereocenters. The molecule has 190 valence electrons. The molecule has 0 aromatic rings. The van der Waals surface area contributed by atoms with Gasteiger partial charge in [-0.1, -0.05) is 0 Å². The summed E-state index contributed by atoms with van der Waals surface area (Å²) >= 11 is 11.0. The van der Waals surface area contributed by atoms with E-state index in [1.807, 2.05) is 0 Å². The van der Waals surface area contributed by atoms with Gasteiger partial charge in [-0.05, 0) is 38.5 Å². The molecular weight excluding hydrogens is 477 g/mol. The Kier molecular flexibility index (Phi) is 18.1. The number of nitrogens with two attached hydrogens (primary N) is 2. The average molecular weight is 512 g/mol. The van der Waals surface area contributed by atoms with Crippen molar-refractivity contribution < 1.29 is 24.0 Å². The Morgan fingerprint density at radius 1 is 0.697 bits per heavy atom. The monoisotopic (exact) mass is 511 g/mol. The van der Waals surface area contributed by atoms with Crippen molar-refractivity contribution in [3.8, 4) is 0 Å². The molecule has 0 rings (SSSR count). The molecule has 12 nitrogen and oxygen atoms in total. The third-order valence-corrected chi connectivity index (χ3v) is 4.99. The number of hydrogen-bond donors (Lipinski definition) is 7. The smallest absolute Gasteiger partial charge is 0.243 e. The van der Waals surface area contributed by atoms with E-state index in [-0.39, 0.29) is 37.1 Å². The van der Waals surface area contributed by atoms with Gasteiger partial charge in [0.15, 0.2) is 0 Å². The van der Waals surface area contributed by atoms with Crippen LogP contribution in [0.3, 0.4) is 0 Å². The van der Waals surface area contributed by atoms with Crippen LogP contribution in [-0.2, 0) is 24.0 Å². The lowest BCUT2D eigenvalue weighted by atomic mass is 10.1. The molecule has 0 heterocycles. The minimum Gasteiger partial charge on any atom is -0.370 e. The predicted octanol–water partition coefficient (Wildman–Crippen LogP) is -1.65. The molecule has 0 aliphatic heterocycles. The SMILES string of the molecule is NNCCCC[C@H](NC(=O)[C@H](CCCCNC(=O)CCl)NC(=O)CCl)C(=O)NCCC(N)=O. The van der Waals surface area contributed by atoms with E-state index in [1.54, 1.807) is 0 Å². The Morgan fingerprint density at radius 2 is 1.27 bits per heavy atom. The average Bonchev–Trinajstić information content (AvgIpc) is 2.78. The summed E-state index contributed by atoms with van der Waals surface area (Å²) in [7, 11) is 0. The number of rotatable bonds is 19. The van der Waals surface area contributed by atoms with Crippen molar-refractivity contribution in [1.29, 1.82) is 0 Å². The largest absolute Gasteiger partial charge is 0.370 e. The molecule has 0 unspecified atom stereocenters. The van der Waals surface area contributed by atoms with Crippen LogP contribution in [0.5, 0.6) is 0 Å². The number of carbonyl (C=O) groups excluding carboxylic acids is 5. The summed E-state index contributed by atoms with van der Waals surface area (Å²) in [5.74, 6) is 2.41. The molecule has 0 aromatic heterocycles. The fourth-order valence-corrected chi connectivity index (χ4v) is 2.97. The van der Waals surface area contributed by atoms with E-state index in [4.69, 9.17) is 34.8 Å². The van der Waals surface area contributed by atoms with Crippen molar-refractivity contribution in [1.82, 2.24) is 26.7 Å². The van der Waals surface area contributed by atoms with Crippen molar-refractivity contribution in [2.45, 2.75) is 57.0 Å². The van der Waals surface area contributed by atoms with E-state index in [1.165, 1.54) is 0 Å².